The van der Waals surface area contributed by atoms with Gasteiger partial charge < -0.3 is 18.3 Å². The first-order valence-corrected chi connectivity index (χ1v) is 14.4. The first kappa shape index (κ1) is 26.8. The molecular formula is C26H42O5Si. The van der Waals surface area contributed by atoms with Crippen molar-refractivity contribution >= 4 is 14.1 Å². The zero-order valence-corrected chi connectivity index (χ0v) is 22.3. The SMILES string of the molecule is C=CC(=O)CCc1c([C@H](C=C)O[Si](C)(C)C(C)(C)C)coc1CC1(C)OCC(C)(C)CO1. The van der Waals surface area contributed by atoms with Gasteiger partial charge in [0.05, 0.1) is 32.0 Å². The summed E-state index contributed by atoms with van der Waals surface area (Å²) >= 11 is 0. The van der Waals surface area contributed by atoms with Crippen LogP contribution >= 0.6 is 0 Å². The molecule has 6 heteroatoms. The number of carbonyl (C=O) groups is 1. The molecule has 0 aromatic carbocycles. The number of rotatable bonds is 10. The number of allylic oxidation sites excluding steroid dienone is 1. The second kappa shape index (κ2) is 9.80. The van der Waals surface area contributed by atoms with E-state index in [4.69, 9.17) is 18.3 Å². The van der Waals surface area contributed by atoms with Gasteiger partial charge in [0.2, 0.25) is 0 Å². The van der Waals surface area contributed by atoms with E-state index in [-0.39, 0.29) is 22.3 Å². The lowest BCUT2D eigenvalue weighted by Gasteiger charge is -2.41. The van der Waals surface area contributed by atoms with Gasteiger partial charge in [0.15, 0.2) is 19.9 Å². The van der Waals surface area contributed by atoms with Crippen LogP contribution in [0.3, 0.4) is 0 Å². The van der Waals surface area contributed by atoms with Crippen molar-refractivity contribution in [1.82, 2.24) is 0 Å². The molecule has 0 saturated carbocycles. The lowest BCUT2D eigenvalue weighted by molar-refractivity contribution is -0.289. The maximum atomic E-state index is 12.0. The number of hydrogen-bond donors (Lipinski definition) is 0. The number of hydrogen-bond acceptors (Lipinski definition) is 5. The van der Waals surface area contributed by atoms with E-state index in [9.17, 15) is 4.79 Å². The Morgan fingerprint density at radius 3 is 2.31 bits per heavy atom. The highest BCUT2D eigenvalue weighted by Crippen LogP contribution is 2.42. The molecule has 0 spiro atoms. The summed E-state index contributed by atoms with van der Waals surface area (Å²) in [6.07, 6.45) is 6.00. The Morgan fingerprint density at radius 2 is 1.81 bits per heavy atom. The Balaban J connectivity index is 2.36. The van der Waals surface area contributed by atoms with Crippen LogP contribution in [0.15, 0.2) is 36.0 Å². The fourth-order valence-corrected chi connectivity index (χ4v) is 4.58. The van der Waals surface area contributed by atoms with E-state index in [2.05, 4.69) is 60.9 Å². The molecule has 1 saturated heterocycles. The van der Waals surface area contributed by atoms with Gasteiger partial charge in [0, 0.05) is 23.0 Å². The predicted octanol–water partition coefficient (Wildman–Crippen LogP) is 6.55. The van der Waals surface area contributed by atoms with E-state index in [1.165, 1.54) is 6.08 Å². The van der Waals surface area contributed by atoms with Crippen molar-refractivity contribution in [2.45, 2.75) is 90.8 Å². The maximum Gasteiger partial charge on any atom is 0.193 e. The van der Waals surface area contributed by atoms with Gasteiger partial charge in [-0.05, 0) is 37.6 Å². The topological polar surface area (TPSA) is 57.9 Å². The highest BCUT2D eigenvalue weighted by atomic mass is 28.4. The summed E-state index contributed by atoms with van der Waals surface area (Å²) in [6, 6.07) is 0. The molecule has 0 amide bonds. The van der Waals surface area contributed by atoms with Crippen LogP contribution in [0.4, 0.5) is 0 Å². The van der Waals surface area contributed by atoms with Gasteiger partial charge in [0.1, 0.15) is 5.76 Å². The van der Waals surface area contributed by atoms with Crippen LogP contribution in [-0.2, 0) is 31.5 Å². The highest BCUT2D eigenvalue weighted by molar-refractivity contribution is 6.74. The van der Waals surface area contributed by atoms with Crippen LogP contribution in [0.5, 0.6) is 0 Å². The van der Waals surface area contributed by atoms with Crippen LogP contribution < -0.4 is 0 Å². The molecular weight excluding hydrogens is 420 g/mol. The number of furan rings is 1. The van der Waals surface area contributed by atoms with Crippen LogP contribution in [-0.4, -0.2) is 33.1 Å². The van der Waals surface area contributed by atoms with Crippen LogP contribution in [0.2, 0.25) is 18.1 Å². The average molecular weight is 463 g/mol. The largest absolute Gasteiger partial charge is 0.468 e. The Hall–Kier alpha value is -1.47. The van der Waals surface area contributed by atoms with E-state index in [1.54, 1.807) is 6.26 Å². The van der Waals surface area contributed by atoms with E-state index >= 15 is 0 Å². The molecule has 1 aromatic heterocycles. The molecule has 1 aliphatic heterocycles. The smallest absolute Gasteiger partial charge is 0.193 e. The van der Waals surface area contributed by atoms with Gasteiger partial charge in [-0.3, -0.25) is 4.79 Å². The third kappa shape index (κ3) is 6.53. The molecule has 1 aromatic rings. The van der Waals surface area contributed by atoms with Gasteiger partial charge in [-0.2, -0.15) is 0 Å². The summed E-state index contributed by atoms with van der Waals surface area (Å²) < 4.78 is 24.9. The summed E-state index contributed by atoms with van der Waals surface area (Å²) in [5.41, 5.74) is 1.89. The van der Waals surface area contributed by atoms with Crippen molar-refractivity contribution < 1.29 is 23.1 Å². The first-order chi connectivity index (χ1) is 14.6. The summed E-state index contributed by atoms with van der Waals surface area (Å²) in [5, 5.41) is 0.0594. The van der Waals surface area contributed by atoms with Crippen molar-refractivity contribution in [2.75, 3.05) is 13.2 Å². The molecule has 1 atom stereocenters. The normalized spacial score (nSPS) is 19.4. The Bertz CT molecular complexity index is 818. The molecule has 0 N–H and O–H groups in total. The summed E-state index contributed by atoms with van der Waals surface area (Å²) in [5.74, 6) is -0.00216. The monoisotopic (exact) mass is 462 g/mol. The molecule has 2 heterocycles. The summed E-state index contributed by atoms with van der Waals surface area (Å²) in [7, 11) is -2.06. The quantitative estimate of drug-likeness (QED) is 0.224. The van der Waals surface area contributed by atoms with Crippen molar-refractivity contribution in [1.29, 1.82) is 0 Å². The van der Waals surface area contributed by atoms with E-state index in [0.29, 0.717) is 32.5 Å². The molecule has 1 fully saturated rings. The summed E-state index contributed by atoms with van der Waals surface area (Å²) in [4.78, 5) is 12.0. The average Bonchev–Trinajstić information content (AvgIpc) is 3.08. The number of carbonyl (C=O) groups excluding carboxylic acids is 1. The minimum Gasteiger partial charge on any atom is -0.468 e. The first-order valence-electron chi connectivity index (χ1n) is 11.5. The zero-order valence-electron chi connectivity index (χ0n) is 21.3. The van der Waals surface area contributed by atoms with Gasteiger partial charge in [0.25, 0.3) is 0 Å². The third-order valence-electron chi connectivity index (χ3n) is 6.63. The van der Waals surface area contributed by atoms with Crippen molar-refractivity contribution in [2.24, 2.45) is 5.41 Å². The second-order valence-electron chi connectivity index (χ2n) is 11.3. The third-order valence-corrected chi connectivity index (χ3v) is 11.1. The summed E-state index contributed by atoms with van der Waals surface area (Å²) in [6.45, 7) is 26.1. The zero-order chi connectivity index (χ0) is 24.4. The molecule has 180 valence electrons. The molecule has 0 aliphatic carbocycles. The molecule has 2 rings (SSSR count). The molecule has 0 bridgehead atoms. The van der Waals surface area contributed by atoms with Crippen molar-refractivity contribution in [3.05, 3.63) is 48.5 Å². The van der Waals surface area contributed by atoms with Gasteiger partial charge >= 0.3 is 0 Å². The van der Waals surface area contributed by atoms with E-state index in [1.807, 2.05) is 13.0 Å². The van der Waals surface area contributed by atoms with Crippen LogP contribution in [0.25, 0.3) is 0 Å². The lowest BCUT2D eigenvalue weighted by Crippen LogP contribution is -2.47. The molecule has 5 nitrogen and oxygen atoms in total. The molecule has 32 heavy (non-hydrogen) atoms. The standard InChI is InChI=1S/C26H42O5Si/c1-11-19(27)13-14-20-21(22(12-2)31-32(9,10)24(3,4)5)16-28-23(20)15-26(8)29-17-25(6,7)18-30-26/h11-12,16,22H,1-2,13-15,17-18H2,3-10H3/t22-/m0/s1. The van der Waals surface area contributed by atoms with Crippen molar-refractivity contribution in [3.63, 3.8) is 0 Å². The van der Waals surface area contributed by atoms with Gasteiger partial charge in [-0.15, -0.1) is 6.58 Å². The minimum absolute atomic E-state index is 0.00157. The van der Waals surface area contributed by atoms with Crippen LogP contribution in [0, 0.1) is 5.41 Å². The van der Waals surface area contributed by atoms with Crippen molar-refractivity contribution in [3.8, 4) is 0 Å². The number of ketones is 1. The molecule has 0 unspecified atom stereocenters. The highest BCUT2D eigenvalue weighted by Gasteiger charge is 2.41. The Labute approximate surface area is 195 Å². The number of ether oxygens (including phenoxy) is 2. The predicted molar refractivity (Wildman–Crippen MR) is 131 cm³/mol. The van der Waals surface area contributed by atoms with Crippen LogP contribution in [0.1, 0.15) is 71.0 Å². The Kier molecular flexibility index (Phi) is 8.20. The van der Waals surface area contributed by atoms with E-state index in [0.717, 1.165) is 16.9 Å². The molecule has 0 radical (unpaired) electrons. The Morgan fingerprint density at radius 1 is 1.22 bits per heavy atom. The second-order valence-corrected chi connectivity index (χ2v) is 16.1. The minimum atomic E-state index is -2.06. The lowest BCUT2D eigenvalue weighted by atomic mass is 9.93. The maximum absolute atomic E-state index is 12.0. The fourth-order valence-electron chi connectivity index (χ4n) is 3.36. The van der Waals surface area contributed by atoms with E-state index < -0.39 is 14.1 Å². The van der Waals surface area contributed by atoms with Gasteiger partial charge in [-0.1, -0.05) is 47.3 Å². The fraction of sp³-hybridized carbons (Fsp3) is 0.654. The van der Waals surface area contributed by atoms with Gasteiger partial charge in [-0.25, -0.2) is 0 Å². The molecule has 1 aliphatic rings.